The van der Waals surface area contributed by atoms with Gasteiger partial charge in [-0.1, -0.05) is 26.2 Å². The molecule has 2 heterocycles. The Bertz CT molecular complexity index is 491. The van der Waals surface area contributed by atoms with Crippen LogP contribution in [-0.2, 0) is 21.4 Å². The van der Waals surface area contributed by atoms with Gasteiger partial charge in [-0.05, 0) is 19.8 Å². The zero-order chi connectivity index (χ0) is 16.7. The van der Waals surface area contributed by atoms with Gasteiger partial charge < -0.3 is 19.6 Å². The lowest BCUT2D eigenvalue weighted by molar-refractivity contribution is -0.136. The lowest BCUT2D eigenvalue weighted by Crippen LogP contribution is -2.30. The van der Waals surface area contributed by atoms with Crippen LogP contribution >= 0.6 is 0 Å². The number of aryl methyl sites for hydroxylation is 1. The molecule has 3 rings (SSSR count). The van der Waals surface area contributed by atoms with Crippen molar-refractivity contribution in [2.75, 3.05) is 26.3 Å². The molecule has 1 aromatic heterocycles. The van der Waals surface area contributed by atoms with Crippen LogP contribution in [0.15, 0.2) is 4.42 Å². The molecule has 0 bridgehead atoms. The average Bonchev–Trinajstić information content (AvgIpc) is 2.92. The van der Waals surface area contributed by atoms with E-state index in [1.54, 1.807) is 6.92 Å². The van der Waals surface area contributed by atoms with E-state index >= 15 is 0 Å². The van der Waals surface area contributed by atoms with E-state index in [1.165, 1.54) is 19.3 Å². The summed E-state index contributed by atoms with van der Waals surface area (Å²) in [5.41, 5.74) is 0.569. The standard InChI is InChI=1S/C13H19NO3.C4H9NO/c1-9-10(8-11(15)16)14-12(17-9)13(2)6-4-3-5-7-13;1-3-6-4-2-5-1/h3-8H2,1-2H3,(H,15,16);5H,1-4H2. The largest absolute Gasteiger partial charge is 0.481 e. The van der Waals surface area contributed by atoms with Gasteiger partial charge >= 0.3 is 5.97 Å². The second-order valence-corrected chi connectivity index (χ2v) is 6.58. The Balaban J connectivity index is 0.000000268. The second-order valence-electron chi connectivity index (χ2n) is 6.58. The number of aromatic nitrogens is 1. The Morgan fingerprint density at radius 3 is 2.39 bits per heavy atom. The number of oxazole rings is 1. The van der Waals surface area contributed by atoms with Gasteiger partial charge in [-0.15, -0.1) is 0 Å². The number of nitrogens with zero attached hydrogens (tertiary/aromatic N) is 1. The highest BCUT2D eigenvalue weighted by molar-refractivity contribution is 5.69. The van der Waals surface area contributed by atoms with Crippen LogP contribution in [0.25, 0.3) is 0 Å². The predicted octanol–water partition coefficient (Wildman–Crippen LogP) is 2.44. The highest BCUT2D eigenvalue weighted by atomic mass is 16.5. The topological polar surface area (TPSA) is 84.6 Å². The van der Waals surface area contributed by atoms with Crippen molar-refractivity contribution < 1.29 is 19.1 Å². The molecule has 1 aromatic rings. The van der Waals surface area contributed by atoms with Crippen molar-refractivity contribution in [1.29, 1.82) is 0 Å². The van der Waals surface area contributed by atoms with Crippen LogP contribution in [0.4, 0.5) is 0 Å². The second kappa shape index (κ2) is 8.45. The molecular weight excluding hydrogens is 296 g/mol. The SMILES string of the molecule is C1COCCN1.Cc1oc(C2(C)CCCCC2)nc1CC(=O)O. The Morgan fingerprint density at radius 2 is 1.91 bits per heavy atom. The summed E-state index contributed by atoms with van der Waals surface area (Å²) in [5, 5.41) is 12.0. The van der Waals surface area contributed by atoms with E-state index in [2.05, 4.69) is 17.2 Å². The van der Waals surface area contributed by atoms with Gasteiger partial charge in [0.2, 0.25) is 5.89 Å². The summed E-state index contributed by atoms with van der Waals surface area (Å²) in [6, 6.07) is 0. The van der Waals surface area contributed by atoms with E-state index in [-0.39, 0.29) is 11.8 Å². The minimum Gasteiger partial charge on any atom is -0.481 e. The smallest absolute Gasteiger partial charge is 0.309 e. The summed E-state index contributed by atoms with van der Waals surface area (Å²) in [6.07, 6.45) is 5.79. The minimum atomic E-state index is -0.859. The molecule has 0 spiro atoms. The highest BCUT2D eigenvalue weighted by Gasteiger charge is 2.34. The van der Waals surface area contributed by atoms with Crippen LogP contribution in [0.1, 0.15) is 56.4 Å². The fourth-order valence-corrected chi connectivity index (χ4v) is 3.06. The summed E-state index contributed by atoms with van der Waals surface area (Å²) in [5.74, 6) is 0.516. The van der Waals surface area contributed by atoms with Gasteiger partial charge in [0, 0.05) is 18.5 Å². The van der Waals surface area contributed by atoms with Gasteiger partial charge in [-0.3, -0.25) is 4.79 Å². The molecule has 1 saturated heterocycles. The zero-order valence-electron chi connectivity index (χ0n) is 14.2. The molecule has 0 aromatic carbocycles. The Kier molecular flexibility index (Phi) is 6.59. The Hall–Kier alpha value is -1.40. The van der Waals surface area contributed by atoms with Crippen molar-refractivity contribution in [3.8, 4) is 0 Å². The van der Waals surface area contributed by atoms with Crippen molar-refractivity contribution in [3.63, 3.8) is 0 Å². The van der Waals surface area contributed by atoms with Gasteiger partial charge in [0.1, 0.15) is 5.76 Å². The van der Waals surface area contributed by atoms with Crippen LogP contribution in [0.3, 0.4) is 0 Å². The molecule has 2 fully saturated rings. The molecule has 130 valence electrons. The van der Waals surface area contributed by atoms with Gasteiger partial charge in [0.05, 0.1) is 25.3 Å². The van der Waals surface area contributed by atoms with Crippen molar-refractivity contribution in [2.24, 2.45) is 0 Å². The lowest BCUT2D eigenvalue weighted by atomic mass is 9.76. The first kappa shape index (κ1) is 17.9. The van der Waals surface area contributed by atoms with Gasteiger partial charge in [0.25, 0.3) is 0 Å². The third kappa shape index (κ3) is 5.32. The van der Waals surface area contributed by atoms with E-state index < -0.39 is 5.97 Å². The van der Waals surface area contributed by atoms with Crippen LogP contribution in [0, 0.1) is 6.92 Å². The predicted molar refractivity (Wildman–Crippen MR) is 86.7 cm³/mol. The van der Waals surface area contributed by atoms with E-state index in [4.69, 9.17) is 14.3 Å². The van der Waals surface area contributed by atoms with Crippen molar-refractivity contribution in [3.05, 3.63) is 17.3 Å². The molecule has 1 saturated carbocycles. The Morgan fingerprint density at radius 1 is 1.26 bits per heavy atom. The van der Waals surface area contributed by atoms with Gasteiger partial charge in [-0.25, -0.2) is 4.98 Å². The highest BCUT2D eigenvalue weighted by Crippen LogP contribution is 2.39. The molecule has 0 amide bonds. The van der Waals surface area contributed by atoms with Crippen LogP contribution in [0.2, 0.25) is 0 Å². The van der Waals surface area contributed by atoms with E-state index in [9.17, 15) is 4.79 Å². The first-order chi connectivity index (χ1) is 11.0. The number of morpholine rings is 1. The molecule has 1 aliphatic carbocycles. The third-order valence-electron chi connectivity index (χ3n) is 4.53. The molecule has 6 heteroatoms. The molecule has 0 radical (unpaired) electrons. The average molecular weight is 324 g/mol. The number of carbonyl (C=O) groups is 1. The fourth-order valence-electron chi connectivity index (χ4n) is 3.06. The number of carboxylic acids is 1. The molecule has 0 atom stereocenters. The van der Waals surface area contributed by atoms with Crippen LogP contribution < -0.4 is 5.32 Å². The molecule has 23 heavy (non-hydrogen) atoms. The maximum absolute atomic E-state index is 10.7. The first-order valence-electron chi connectivity index (χ1n) is 8.48. The molecular formula is C17H28N2O4. The minimum absolute atomic E-state index is 0.000235. The number of ether oxygens (including phenoxy) is 1. The summed E-state index contributed by atoms with van der Waals surface area (Å²) < 4.78 is 10.7. The quantitative estimate of drug-likeness (QED) is 0.888. The van der Waals surface area contributed by atoms with Crippen LogP contribution in [0.5, 0.6) is 0 Å². The van der Waals surface area contributed by atoms with Gasteiger partial charge in [0.15, 0.2) is 0 Å². The molecule has 6 nitrogen and oxygen atoms in total. The van der Waals surface area contributed by atoms with E-state index in [0.29, 0.717) is 11.5 Å². The van der Waals surface area contributed by atoms with E-state index in [1.807, 2.05) is 0 Å². The maximum atomic E-state index is 10.7. The summed E-state index contributed by atoms with van der Waals surface area (Å²) >= 11 is 0. The number of hydrogen-bond donors (Lipinski definition) is 2. The number of nitrogens with one attached hydrogen (secondary N) is 1. The molecule has 1 aliphatic heterocycles. The normalized spacial score (nSPS) is 20.4. The van der Waals surface area contributed by atoms with Crippen molar-refractivity contribution in [2.45, 2.75) is 57.8 Å². The zero-order valence-corrected chi connectivity index (χ0v) is 14.2. The summed E-state index contributed by atoms with van der Waals surface area (Å²) in [6.45, 7) is 7.79. The number of rotatable bonds is 3. The molecule has 2 N–H and O–H groups in total. The van der Waals surface area contributed by atoms with E-state index in [0.717, 1.165) is 45.0 Å². The first-order valence-corrected chi connectivity index (χ1v) is 8.48. The third-order valence-corrected chi connectivity index (χ3v) is 4.53. The maximum Gasteiger partial charge on any atom is 0.309 e. The Labute approximate surface area is 137 Å². The lowest BCUT2D eigenvalue weighted by Gasteiger charge is -2.30. The fraction of sp³-hybridized carbons (Fsp3) is 0.765. The van der Waals surface area contributed by atoms with Crippen molar-refractivity contribution in [1.82, 2.24) is 10.3 Å². The number of carboxylic acid groups (broad SMARTS) is 1. The number of hydrogen-bond acceptors (Lipinski definition) is 5. The molecule has 0 unspecified atom stereocenters. The number of aliphatic carboxylic acids is 1. The van der Waals surface area contributed by atoms with Crippen LogP contribution in [-0.4, -0.2) is 42.4 Å². The monoisotopic (exact) mass is 324 g/mol. The van der Waals surface area contributed by atoms with Crippen molar-refractivity contribution >= 4 is 5.97 Å². The summed E-state index contributed by atoms with van der Waals surface area (Å²) in [4.78, 5) is 15.1. The molecule has 2 aliphatic rings. The summed E-state index contributed by atoms with van der Waals surface area (Å²) in [7, 11) is 0. The van der Waals surface area contributed by atoms with Gasteiger partial charge in [-0.2, -0.15) is 0 Å².